The van der Waals surface area contributed by atoms with Crippen molar-refractivity contribution in [2.24, 2.45) is 0 Å². The molecule has 1 N–H and O–H groups in total. The summed E-state index contributed by atoms with van der Waals surface area (Å²) in [6, 6.07) is 8.62. The molecular formula is C22H27BN4O2S. The second-order valence-corrected chi connectivity index (χ2v) is 9.41. The smallest absolute Gasteiger partial charge is 0.396 e. The highest BCUT2D eigenvalue weighted by Crippen LogP contribution is 2.36. The lowest BCUT2D eigenvalue weighted by Gasteiger charge is -2.22. The van der Waals surface area contributed by atoms with Gasteiger partial charge in [0.15, 0.2) is 0 Å². The maximum absolute atomic E-state index is 13.0. The van der Waals surface area contributed by atoms with Crippen molar-refractivity contribution in [3.05, 3.63) is 40.4 Å². The Morgan fingerprint density at radius 1 is 1.27 bits per heavy atom. The number of nitrogens with zero attached hydrogens (tertiary/aromatic N) is 3. The van der Waals surface area contributed by atoms with Crippen LogP contribution in [0.25, 0.3) is 10.2 Å². The molecule has 8 heteroatoms. The molecule has 156 valence electrons. The predicted octanol–water partition coefficient (Wildman–Crippen LogP) is 4.44. The Labute approximate surface area is 181 Å². The van der Waals surface area contributed by atoms with Crippen molar-refractivity contribution < 1.29 is 9.45 Å². The lowest BCUT2D eigenvalue weighted by molar-refractivity contribution is 0.103. The van der Waals surface area contributed by atoms with Gasteiger partial charge in [0.1, 0.15) is 4.83 Å². The highest BCUT2D eigenvalue weighted by atomic mass is 32.1. The largest absolute Gasteiger partial charge is 0.422 e. The number of nitrogens with one attached hydrogen (secondary N) is 1. The molecular weight excluding hydrogens is 395 g/mol. The third-order valence-corrected chi connectivity index (χ3v) is 7.45. The summed E-state index contributed by atoms with van der Waals surface area (Å²) in [6.45, 7) is 3.00. The maximum atomic E-state index is 13.0. The van der Waals surface area contributed by atoms with Gasteiger partial charge < -0.3 is 14.8 Å². The van der Waals surface area contributed by atoms with Gasteiger partial charge in [0, 0.05) is 30.4 Å². The zero-order valence-electron chi connectivity index (χ0n) is 17.6. The van der Waals surface area contributed by atoms with E-state index in [1.165, 1.54) is 43.4 Å². The maximum Gasteiger partial charge on any atom is 0.396 e. The first-order valence-electron chi connectivity index (χ1n) is 10.8. The highest BCUT2D eigenvalue weighted by molar-refractivity contribution is 7.20. The van der Waals surface area contributed by atoms with Gasteiger partial charge >= 0.3 is 7.62 Å². The van der Waals surface area contributed by atoms with Gasteiger partial charge in [-0.25, -0.2) is 0 Å². The normalized spacial score (nSPS) is 16.8. The Kier molecular flexibility index (Phi) is 5.29. The number of rotatable bonds is 5. The molecule has 0 atom stereocenters. The van der Waals surface area contributed by atoms with Crippen molar-refractivity contribution in [2.45, 2.75) is 51.5 Å². The van der Waals surface area contributed by atoms with E-state index in [1.54, 1.807) is 18.4 Å². The van der Waals surface area contributed by atoms with Gasteiger partial charge in [0.25, 0.3) is 5.91 Å². The molecule has 0 bridgehead atoms. The molecule has 30 heavy (non-hydrogen) atoms. The quantitative estimate of drug-likeness (QED) is 0.618. The van der Waals surface area contributed by atoms with Crippen LogP contribution in [-0.2, 0) is 11.1 Å². The highest BCUT2D eigenvalue weighted by Gasteiger charge is 2.23. The number of aryl methyl sites for hydroxylation is 1. The number of hydrogen-bond donors (Lipinski definition) is 1. The SMILES string of the molecule is COBN1CCc2cc(NC(=O)c3cc4c(C)nn(C5CCCCC5)c4s3)ccc21. The molecule has 0 spiro atoms. The lowest BCUT2D eigenvalue weighted by atomic mass is 9.96. The average molecular weight is 422 g/mol. The van der Waals surface area contributed by atoms with Crippen molar-refractivity contribution in [3.63, 3.8) is 0 Å². The summed E-state index contributed by atoms with van der Waals surface area (Å²) >= 11 is 1.56. The minimum Gasteiger partial charge on any atom is -0.422 e. The van der Waals surface area contributed by atoms with Crippen LogP contribution in [0.1, 0.15) is 59.1 Å². The fourth-order valence-electron chi connectivity index (χ4n) is 4.79. The average Bonchev–Trinajstić information content (AvgIpc) is 3.44. The van der Waals surface area contributed by atoms with E-state index in [0.717, 1.165) is 39.4 Å². The van der Waals surface area contributed by atoms with Crippen LogP contribution in [0.3, 0.4) is 0 Å². The zero-order valence-corrected chi connectivity index (χ0v) is 18.4. The lowest BCUT2D eigenvalue weighted by Crippen LogP contribution is -2.26. The number of thiophene rings is 1. The molecule has 0 unspecified atom stereocenters. The first-order chi connectivity index (χ1) is 14.6. The fraction of sp³-hybridized carbons (Fsp3) is 0.455. The number of benzene rings is 1. The van der Waals surface area contributed by atoms with Gasteiger partial charge in [-0.2, -0.15) is 5.10 Å². The first kappa shape index (κ1) is 19.6. The number of hydrogen-bond acceptors (Lipinski definition) is 5. The molecule has 1 fully saturated rings. The summed E-state index contributed by atoms with van der Waals surface area (Å²) in [5.41, 5.74) is 4.31. The third-order valence-electron chi connectivity index (χ3n) is 6.33. The van der Waals surface area contributed by atoms with Gasteiger partial charge in [-0.15, -0.1) is 11.3 Å². The van der Waals surface area contributed by atoms with Crippen molar-refractivity contribution in [1.29, 1.82) is 0 Å². The molecule has 1 aromatic carbocycles. The Morgan fingerprint density at radius 2 is 2.10 bits per heavy atom. The summed E-state index contributed by atoms with van der Waals surface area (Å²) in [4.78, 5) is 17.1. The molecule has 3 heterocycles. The molecule has 1 aliphatic carbocycles. The summed E-state index contributed by atoms with van der Waals surface area (Å²) < 4.78 is 7.46. The summed E-state index contributed by atoms with van der Waals surface area (Å²) in [6.07, 6.45) is 7.20. The standard InChI is InChI=1S/C22H27BN4O2S/c1-14-18-13-20(30-22(18)27(25-14)17-6-4-3-5-7-17)21(28)24-16-8-9-19-15(12-16)10-11-26(19)23-29-2/h8-9,12-13,17,23H,3-7,10-11H2,1-2H3,(H,24,28). The zero-order chi connectivity index (χ0) is 20.7. The summed E-state index contributed by atoms with van der Waals surface area (Å²) in [5, 5.41) is 9.01. The monoisotopic (exact) mass is 422 g/mol. The number of carbonyl (C=O) groups is 1. The van der Waals surface area contributed by atoms with Gasteiger partial charge in [-0.3, -0.25) is 9.48 Å². The van der Waals surface area contributed by atoms with Crippen LogP contribution in [-0.4, -0.2) is 37.0 Å². The minimum atomic E-state index is -0.0440. The van der Waals surface area contributed by atoms with Gasteiger partial charge in [-0.1, -0.05) is 19.3 Å². The van der Waals surface area contributed by atoms with Crippen LogP contribution in [0.2, 0.25) is 0 Å². The molecule has 6 nitrogen and oxygen atoms in total. The van der Waals surface area contributed by atoms with E-state index >= 15 is 0 Å². The van der Waals surface area contributed by atoms with Crippen LogP contribution >= 0.6 is 11.3 Å². The number of anilines is 2. The number of amides is 1. The third kappa shape index (κ3) is 3.52. The van der Waals surface area contributed by atoms with E-state index in [4.69, 9.17) is 9.75 Å². The first-order valence-corrected chi connectivity index (χ1v) is 11.6. The molecule has 0 saturated heterocycles. The van der Waals surface area contributed by atoms with Crippen molar-refractivity contribution in [1.82, 2.24) is 9.78 Å². The van der Waals surface area contributed by atoms with E-state index in [-0.39, 0.29) is 5.91 Å². The van der Waals surface area contributed by atoms with E-state index in [9.17, 15) is 4.79 Å². The van der Waals surface area contributed by atoms with Crippen molar-refractivity contribution in [2.75, 3.05) is 23.8 Å². The van der Waals surface area contributed by atoms with E-state index in [0.29, 0.717) is 13.7 Å². The molecule has 0 radical (unpaired) electrons. The topological polar surface area (TPSA) is 59.4 Å². The van der Waals surface area contributed by atoms with Gasteiger partial charge in [-0.05, 0) is 56.0 Å². The van der Waals surface area contributed by atoms with Crippen LogP contribution in [0, 0.1) is 6.92 Å². The van der Waals surface area contributed by atoms with Crippen LogP contribution in [0.5, 0.6) is 0 Å². The Balaban J connectivity index is 1.37. The molecule has 2 aromatic heterocycles. The Bertz CT molecular complexity index is 1090. The second-order valence-electron chi connectivity index (χ2n) is 8.38. The van der Waals surface area contributed by atoms with Crippen molar-refractivity contribution >= 4 is 46.5 Å². The number of carbonyl (C=O) groups excluding carboxylic acids is 1. The molecule has 5 rings (SSSR count). The molecule has 2 aliphatic rings. The Morgan fingerprint density at radius 3 is 2.90 bits per heavy atom. The van der Waals surface area contributed by atoms with E-state index in [1.807, 2.05) is 19.1 Å². The molecule has 1 amide bonds. The van der Waals surface area contributed by atoms with Gasteiger partial charge in [0.05, 0.1) is 16.6 Å². The molecule has 1 aliphatic heterocycles. The number of fused-ring (bicyclic) bond motifs is 2. The van der Waals surface area contributed by atoms with Crippen LogP contribution < -0.4 is 10.1 Å². The van der Waals surface area contributed by atoms with Crippen LogP contribution in [0.15, 0.2) is 24.3 Å². The second kappa shape index (κ2) is 8.08. The van der Waals surface area contributed by atoms with Gasteiger partial charge in [0.2, 0.25) is 0 Å². The molecule has 1 saturated carbocycles. The predicted molar refractivity (Wildman–Crippen MR) is 124 cm³/mol. The fourth-order valence-corrected chi connectivity index (χ4v) is 5.92. The molecule has 3 aromatic rings. The minimum absolute atomic E-state index is 0.0440. The summed E-state index contributed by atoms with van der Waals surface area (Å²) in [7, 11) is 2.31. The van der Waals surface area contributed by atoms with Crippen LogP contribution in [0.4, 0.5) is 11.4 Å². The van der Waals surface area contributed by atoms with E-state index in [2.05, 4.69) is 26.9 Å². The van der Waals surface area contributed by atoms with E-state index < -0.39 is 0 Å². The number of aromatic nitrogens is 2. The Hall–Kier alpha value is -2.32. The van der Waals surface area contributed by atoms with Crippen molar-refractivity contribution in [3.8, 4) is 0 Å². The summed E-state index contributed by atoms with van der Waals surface area (Å²) in [5.74, 6) is -0.0440.